The minimum atomic E-state index is -3.92. The molecule has 0 radical (unpaired) electrons. The molecule has 1 saturated carbocycles. The molecular weight excluding hydrogens is 300 g/mol. The lowest BCUT2D eigenvalue weighted by atomic mass is 9.82. The highest BCUT2D eigenvalue weighted by Crippen LogP contribution is 2.41. The van der Waals surface area contributed by atoms with Gasteiger partial charge in [0, 0.05) is 5.02 Å². The lowest BCUT2D eigenvalue weighted by Crippen LogP contribution is -2.48. The molecule has 110 valence electrons. The molecule has 1 N–H and O–H groups in total. The van der Waals surface area contributed by atoms with Crippen molar-refractivity contribution in [3.05, 3.63) is 29.3 Å². The average molecular weight is 317 g/mol. The van der Waals surface area contributed by atoms with E-state index in [0.29, 0.717) is 23.8 Å². The first-order valence-electron chi connectivity index (χ1n) is 6.53. The molecule has 1 aliphatic rings. The summed E-state index contributed by atoms with van der Waals surface area (Å²) in [7, 11) is -3.92. The van der Waals surface area contributed by atoms with Crippen molar-refractivity contribution < 1.29 is 18.3 Å². The molecular formula is C14H17ClO4S. The van der Waals surface area contributed by atoms with Crippen molar-refractivity contribution in [1.29, 1.82) is 0 Å². The van der Waals surface area contributed by atoms with Gasteiger partial charge in [0.05, 0.1) is 4.90 Å². The Balaban J connectivity index is 2.48. The minimum Gasteiger partial charge on any atom is -0.480 e. The van der Waals surface area contributed by atoms with Gasteiger partial charge < -0.3 is 5.11 Å². The van der Waals surface area contributed by atoms with Crippen LogP contribution in [0.1, 0.15) is 32.6 Å². The summed E-state index contributed by atoms with van der Waals surface area (Å²) in [5.74, 6) is -0.887. The maximum Gasteiger partial charge on any atom is 0.325 e. The van der Waals surface area contributed by atoms with Gasteiger partial charge in [0.25, 0.3) is 0 Å². The number of carboxylic acid groups (broad SMARTS) is 1. The number of carboxylic acids is 1. The van der Waals surface area contributed by atoms with Gasteiger partial charge in [0.15, 0.2) is 14.6 Å². The van der Waals surface area contributed by atoms with E-state index in [1.54, 1.807) is 0 Å². The summed E-state index contributed by atoms with van der Waals surface area (Å²) < 4.78 is 23.8. The second kappa shape index (κ2) is 5.37. The Kier molecular flexibility index (Phi) is 4.12. The molecule has 0 amide bonds. The standard InChI is InChI=1S/C14H17ClO4S/c1-10-6-8-14(9-7-10,13(16)17)20(18,19)12-4-2-11(15)3-5-12/h2-5,10H,6-9H2,1H3,(H,16,17). The number of rotatable bonds is 3. The fourth-order valence-electron chi connectivity index (χ4n) is 2.67. The largest absolute Gasteiger partial charge is 0.480 e. The Morgan fingerprint density at radius 3 is 2.20 bits per heavy atom. The highest BCUT2D eigenvalue weighted by atomic mass is 35.5. The molecule has 2 rings (SSSR count). The third-order valence-corrected chi connectivity index (χ3v) is 6.87. The van der Waals surface area contributed by atoms with Gasteiger partial charge in [-0.1, -0.05) is 18.5 Å². The van der Waals surface area contributed by atoms with Gasteiger partial charge in [-0.2, -0.15) is 0 Å². The summed E-state index contributed by atoms with van der Waals surface area (Å²) in [5.41, 5.74) is 0. The van der Waals surface area contributed by atoms with E-state index >= 15 is 0 Å². The Labute approximate surface area is 123 Å². The van der Waals surface area contributed by atoms with Crippen LogP contribution < -0.4 is 0 Å². The Morgan fingerprint density at radius 1 is 1.25 bits per heavy atom. The summed E-state index contributed by atoms with van der Waals surface area (Å²) in [5, 5.41) is 9.94. The molecule has 6 heteroatoms. The van der Waals surface area contributed by atoms with Crippen LogP contribution in [0.2, 0.25) is 5.02 Å². The quantitative estimate of drug-likeness (QED) is 0.929. The molecule has 1 aromatic rings. The second-order valence-corrected chi connectivity index (χ2v) is 8.14. The third kappa shape index (κ3) is 2.44. The van der Waals surface area contributed by atoms with Crippen LogP contribution in [0, 0.1) is 5.92 Å². The molecule has 4 nitrogen and oxygen atoms in total. The van der Waals surface area contributed by atoms with Crippen molar-refractivity contribution in [3.8, 4) is 0 Å². The van der Waals surface area contributed by atoms with E-state index in [0.717, 1.165) is 0 Å². The first-order chi connectivity index (χ1) is 9.29. The third-order valence-electron chi connectivity index (χ3n) is 4.11. The summed E-state index contributed by atoms with van der Waals surface area (Å²) in [6, 6.07) is 5.69. The normalized spacial score (nSPS) is 27.2. The van der Waals surface area contributed by atoms with Crippen LogP contribution in [0.4, 0.5) is 0 Å². The minimum absolute atomic E-state index is 0.0267. The molecule has 1 aliphatic carbocycles. The van der Waals surface area contributed by atoms with Crippen molar-refractivity contribution in [2.24, 2.45) is 5.92 Å². The Morgan fingerprint density at radius 2 is 1.75 bits per heavy atom. The van der Waals surface area contributed by atoms with E-state index in [-0.39, 0.29) is 17.7 Å². The molecule has 0 bridgehead atoms. The molecule has 0 saturated heterocycles. The molecule has 0 unspecified atom stereocenters. The van der Waals surface area contributed by atoms with Crippen LogP contribution in [0.3, 0.4) is 0 Å². The van der Waals surface area contributed by atoms with Crippen LogP contribution in [0.15, 0.2) is 29.2 Å². The maximum atomic E-state index is 12.7. The Hall–Kier alpha value is -1.07. The zero-order valence-corrected chi connectivity index (χ0v) is 12.7. The van der Waals surface area contributed by atoms with Gasteiger partial charge in [0.1, 0.15) is 0 Å². The van der Waals surface area contributed by atoms with Crippen molar-refractivity contribution in [2.75, 3.05) is 0 Å². The number of hydrogen-bond acceptors (Lipinski definition) is 3. The summed E-state index contributed by atoms with van der Waals surface area (Å²) in [6.45, 7) is 2.01. The number of hydrogen-bond donors (Lipinski definition) is 1. The molecule has 0 atom stereocenters. The van der Waals surface area contributed by atoms with E-state index in [2.05, 4.69) is 0 Å². The Bertz CT molecular complexity index is 599. The number of benzene rings is 1. The van der Waals surface area contributed by atoms with Crippen LogP contribution in [-0.2, 0) is 14.6 Å². The van der Waals surface area contributed by atoms with E-state index in [1.807, 2.05) is 6.92 Å². The van der Waals surface area contributed by atoms with Crippen molar-refractivity contribution in [2.45, 2.75) is 42.2 Å². The maximum absolute atomic E-state index is 12.7. The molecule has 0 spiro atoms. The van der Waals surface area contributed by atoms with Crippen LogP contribution in [0.25, 0.3) is 0 Å². The molecule has 0 aliphatic heterocycles. The number of aliphatic carboxylic acids is 1. The van der Waals surface area contributed by atoms with Gasteiger partial charge in [-0.15, -0.1) is 0 Å². The summed E-state index contributed by atoms with van der Waals surface area (Å²) in [6.07, 6.45) is 1.54. The molecule has 1 aromatic carbocycles. The second-order valence-electron chi connectivity index (χ2n) is 5.44. The van der Waals surface area contributed by atoms with E-state index in [4.69, 9.17) is 11.6 Å². The van der Waals surface area contributed by atoms with Crippen molar-refractivity contribution >= 4 is 27.4 Å². The van der Waals surface area contributed by atoms with Gasteiger partial charge in [-0.25, -0.2) is 8.42 Å². The molecule has 0 aromatic heterocycles. The lowest BCUT2D eigenvalue weighted by Gasteiger charge is -2.35. The fraction of sp³-hybridized carbons (Fsp3) is 0.500. The predicted molar refractivity (Wildman–Crippen MR) is 76.6 cm³/mol. The first-order valence-corrected chi connectivity index (χ1v) is 8.39. The van der Waals surface area contributed by atoms with Gasteiger partial charge in [0.2, 0.25) is 0 Å². The molecule has 0 heterocycles. The monoisotopic (exact) mass is 316 g/mol. The predicted octanol–water partition coefficient (Wildman–Crippen LogP) is 3.15. The van der Waals surface area contributed by atoms with E-state index in [9.17, 15) is 18.3 Å². The van der Waals surface area contributed by atoms with Crippen molar-refractivity contribution in [1.82, 2.24) is 0 Å². The van der Waals surface area contributed by atoms with Gasteiger partial charge >= 0.3 is 5.97 Å². The lowest BCUT2D eigenvalue weighted by molar-refractivity contribution is -0.141. The number of sulfone groups is 1. The van der Waals surface area contributed by atoms with Crippen LogP contribution in [0.5, 0.6) is 0 Å². The van der Waals surface area contributed by atoms with E-state index in [1.165, 1.54) is 24.3 Å². The molecule has 1 fully saturated rings. The van der Waals surface area contributed by atoms with Gasteiger partial charge in [-0.3, -0.25) is 4.79 Å². The number of carbonyl (C=O) groups is 1. The topological polar surface area (TPSA) is 71.4 Å². The van der Waals surface area contributed by atoms with E-state index < -0.39 is 20.6 Å². The van der Waals surface area contributed by atoms with Crippen LogP contribution >= 0.6 is 11.6 Å². The van der Waals surface area contributed by atoms with Crippen molar-refractivity contribution in [3.63, 3.8) is 0 Å². The summed E-state index contributed by atoms with van der Waals surface area (Å²) >= 11 is 5.75. The molecule has 20 heavy (non-hydrogen) atoms. The zero-order valence-electron chi connectivity index (χ0n) is 11.2. The first kappa shape index (κ1) is 15.3. The average Bonchev–Trinajstić information content (AvgIpc) is 2.39. The fourth-order valence-corrected chi connectivity index (χ4v) is 4.74. The smallest absolute Gasteiger partial charge is 0.325 e. The SMILES string of the molecule is CC1CCC(C(=O)O)(S(=O)(=O)c2ccc(Cl)cc2)CC1. The summed E-state index contributed by atoms with van der Waals surface area (Å²) in [4.78, 5) is 11.7. The highest BCUT2D eigenvalue weighted by Gasteiger charge is 2.52. The van der Waals surface area contributed by atoms with Gasteiger partial charge in [-0.05, 0) is 55.9 Å². The van der Waals surface area contributed by atoms with Crippen LogP contribution in [-0.4, -0.2) is 24.2 Å². The number of halogens is 1. The zero-order chi connectivity index (χ0) is 15.0. The highest BCUT2D eigenvalue weighted by molar-refractivity contribution is 7.93.